The van der Waals surface area contributed by atoms with Crippen LogP contribution < -0.4 is 26.6 Å². The van der Waals surface area contributed by atoms with E-state index in [0.29, 0.717) is 19.5 Å². The molecule has 4 amide bonds. The van der Waals surface area contributed by atoms with E-state index in [1.54, 1.807) is 20.8 Å². The molecule has 0 aromatic heterocycles. The third-order valence-corrected chi connectivity index (χ3v) is 7.74. The Balaban J connectivity index is 0. The van der Waals surface area contributed by atoms with Gasteiger partial charge in [0.25, 0.3) is 0 Å². The molecule has 0 saturated heterocycles. The summed E-state index contributed by atoms with van der Waals surface area (Å²) in [6, 6.07) is 8.89. The first-order valence-corrected chi connectivity index (χ1v) is 18.3. The van der Waals surface area contributed by atoms with Crippen LogP contribution in [0.25, 0.3) is 0 Å². The third kappa shape index (κ3) is 28.2. The molecule has 0 aliphatic carbocycles. The predicted octanol–water partition coefficient (Wildman–Crippen LogP) is 2.24. The van der Waals surface area contributed by atoms with E-state index in [9.17, 15) is 29.1 Å². The highest BCUT2D eigenvalue weighted by Gasteiger charge is 2.27. The fourth-order valence-electron chi connectivity index (χ4n) is 3.35. The van der Waals surface area contributed by atoms with E-state index in [2.05, 4.69) is 26.6 Å². The van der Waals surface area contributed by atoms with Crippen LogP contribution in [0, 0.1) is 17.3 Å². The van der Waals surface area contributed by atoms with E-state index in [-0.39, 0.29) is 101 Å². The molecule has 16 heteroatoms. The lowest BCUT2D eigenvalue weighted by atomic mass is 9.91. The van der Waals surface area contributed by atoms with Gasteiger partial charge in [-0.15, -0.1) is 0 Å². The number of carbonyl (C=O) groups excluding carboxylic acids is 5. The van der Waals surface area contributed by atoms with Crippen molar-refractivity contribution in [2.24, 2.45) is 17.3 Å². The van der Waals surface area contributed by atoms with Gasteiger partial charge in [-0.2, -0.15) is 0 Å². The number of ether oxygens (including phenoxy) is 3. The topological polar surface area (TPSA) is 234 Å². The van der Waals surface area contributed by atoms with Gasteiger partial charge in [-0.05, 0) is 45.6 Å². The molecule has 0 aliphatic heterocycles. The van der Waals surface area contributed by atoms with E-state index in [0.717, 1.165) is 18.4 Å². The first-order chi connectivity index (χ1) is 25.1. The summed E-state index contributed by atoms with van der Waals surface area (Å²) in [5.41, 5.74) is 0.667. The van der Waals surface area contributed by atoms with Crippen LogP contribution >= 0.6 is 0 Å². The van der Waals surface area contributed by atoms with Crippen molar-refractivity contribution in [3.05, 3.63) is 35.9 Å². The molecule has 0 heterocycles. The van der Waals surface area contributed by atoms with E-state index < -0.39 is 11.5 Å². The predicted molar refractivity (Wildman–Crippen MR) is 202 cm³/mol. The molecule has 1 rings (SSSR count). The monoisotopic (exact) mass is 757 g/mol. The highest BCUT2D eigenvalue weighted by atomic mass is 16.5. The molecule has 1 aromatic rings. The minimum absolute atomic E-state index is 0.0318. The van der Waals surface area contributed by atoms with Crippen molar-refractivity contribution in [1.29, 1.82) is 0 Å². The average Bonchev–Trinajstić information content (AvgIpc) is 3.16. The Labute approximate surface area is 315 Å². The Hall–Kier alpha value is -3.99. The summed E-state index contributed by atoms with van der Waals surface area (Å²) in [5, 5.41) is 40.0. The van der Waals surface area contributed by atoms with Crippen LogP contribution in [-0.4, -0.2) is 117 Å². The van der Waals surface area contributed by atoms with Gasteiger partial charge in [0.05, 0.1) is 49.6 Å². The summed E-state index contributed by atoms with van der Waals surface area (Å²) in [6.07, 6.45) is 1.51. The Morgan fingerprint density at radius 2 is 1.26 bits per heavy atom. The normalized spacial score (nSPS) is 12.8. The van der Waals surface area contributed by atoms with Crippen molar-refractivity contribution < 1.29 is 53.5 Å². The molecule has 53 heavy (non-hydrogen) atoms. The number of hydrogen-bond acceptors (Lipinski definition) is 12. The zero-order valence-electron chi connectivity index (χ0n) is 33.0. The molecule has 306 valence electrons. The summed E-state index contributed by atoms with van der Waals surface area (Å²) in [4.78, 5) is 56.3. The van der Waals surface area contributed by atoms with Gasteiger partial charge < -0.3 is 56.1 Å². The van der Waals surface area contributed by atoms with Gasteiger partial charge in [0.15, 0.2) is 0 Å². The van der Waals surface area contributed by atoms with Gasteiger partial charge in [-0.25, -0.2) is 9.59 Å². The molecule has 1 aromatic carbocycles. The lowest BCUT2D eigenvalue weighted by Gasteiger charge is -2.21. The van der Waals surface area contributed by atoms with Crippen molar-refractivity contribution in [2.75, 3.05) is 59.2 Å². The molecule has 0 saturated carbocycles. The number of nitrogens with one attached hydrogen (secondary N) is 5. The fraction of sp³-hybridized carbons (Fsp3) is 0.703. The summed E-state index contributed by atoms with van der Waals surface area (Å²) in [5.74, 6) is -0.984. The maximum Gasteiger partial charge on any atom is 0.315 e. The molecule has 8 N–H and O–H groups in total. The van der Waals surface area contributed by atoms with Gasteiger partial charge >= 0.3 is 30.0 Å². The number of aliphatic hydroxyl groups excluding tert-OH is 3. The molecule has 16 nitrogen and oxygen atoms in total. The van der Waals surface area contributed by atoms with Crippen LogP contribution in [0.15, 0.2) is 30.3 Å². The molecule has 0 bridgehead atoms. The van der Waals surface area contributed by atoms with Crippen LogP contribution in [0.4, 0.5) is 9.59 Å². The Bertz CT molecular complexity index is 1140. The van der Waals surface area contributed by atoms with Gasteiger partial charge in [-0.3, -0.25) is 14.4 Å². The number of rotatable bonds is 22. The molecule has 0 aliphatic rings. The largest absolute Gasteiger partial charge is 0.464 e. The Morgan fingerprint density at radius 1 is 0.755 bits per heavy atom. The van der Waals surface area contributed by atoms with E-state index in [1.807, 2.05) is 65.0 Å². The van der Waals surface area contributed by atoms with Crippen molar-refractivity contribution in [3.8, 4) is 0 Å². The molecule has 0 radical (unpaired) electrons. The first-order valence-electron chi connectivity index (χ1n) is 18.3. The third-order valence-electron chi connectivity index (χ3n) is 7.74. The molecular formula is C37H67N5O11. The lowest BCUT2D eigenvalue weighted by molar-refractivity contribution is -0.157. The number of esters is 3. The quantitative estimate of drug-likeness (QED) is 0.0484. The number of urea groups is 2. The Morgan fingerprint density at radius 3 is 1.74 bits per heavy atom. The van der Waals surface area contributed by atoms with Crippen LogP contribution in [0.3, 0.4) is 0 Å². The van der Waals surface area contributed by atoms with Crippen LogP contribution in [0.5, 0.6) is 0 Å². The number of hydrogen-bond donors (Lipinski definition) is 8. The van der Waals surface area contributed by atoms with Gasteiger partial charge in [0, 0.05) is 19.6 Å². The Kier molecular flexibility index (Phi) is 30.4. The smallest absolute Gasteiger partial charge is 0.315 e. The minimum atomic E-state index is -0.685. The summed E-state index contributed by atoms with van der Waals surface area (Å²) < 4.78 is 15.0. The number of amides is 4. The minimum Gasteiger partial charge on any atom is -0.464 e. The maximum absolute atomic E-state index is 11.7. The number of carbonyl (C=O) groups is 5. The second kappa shape index (κ2) is 31.5. The zero-order valence-corrected chi connectivity index (χ0v) is 33.0. The fourth-order valence-corrected chi connectivity index (χ4v) is 3.35. The lowest BCUT2D eigenvalue weighted by Crippen LogP contribution is -2.43. The molecule has 4 unspecified atom stereocenters. The van der Waals surface area contributed by atoms with Crippen molar-refractivity contribution in [1.82, 2.24) is 26.6 Å². The van der Waals surface area contributed by atoms with E-state index in [4.69, 9.17) is 24.4 Å². The SMILES string of the molecule is CCC(C)(C)C(=O)OCC(O)CNCc1ccccc1.CCC(C)C(=O)OCCNC(=O)NC(C)CO.CCC(C)C(=O)OCCNC(=O)NCCO. The number of aliphatic hydroxyl groups is 3. The molecular weight excluding hydrogens is 690 g/mol. The second-order valence-corrected chi connectivity index (χ2v) is 12.9. The van der Waals surface area contributed by atoms with Crippen LogP contribution in [0.2, 0.25) is 0 Å². The second-order valence-electron chi connectivity index (χ2n) is 12.9. The van der Waals surface area contributed by atoms with Crippen molar-refractivity contribution in [2.45, 2.75) is 93.3 Å². The average molecular weight is 758 g/mol. The van der Waals surface area contributed by atoms with Crippen LogP contribution in [-0.2, 0) is 35.1 Å². The van der Waals surface area contributed by atoms with Crippen molar-refractivity contribution >= 4 is 30.0 Å². The van der Waals surface area contributed by atoms with Gasteiger partial charge in [-0.1, -0.05) is 65.0 Å². The van der Waals surface area contributed by atoms with E-state index >= 15 is 0 Å². The first kappa shape index (κ1) is 51.1. The molecule has 4 atom stereocenters. The van der Waals surface area contributed by atoms with E-state index in [1.165, 1.54) is 0 Å². The standard InChI is InChI=1S/C16H25NO3.C11H22N2O4.C10H20N2O4/c1-4-16(2,3)15(19)20-12-14(18)11-17-10-13-8-6-5-7-9-13;1-4-8(2)10(15)17-6-5-12-11(16)13-9(3)7-14;1-3-8(2)9(14)16-7-5-12-10(15)11-4-6-13/h5-9,14,17-18H,4,10-12H2,1-3H3;8-9,14H,4-7H2,1-3H3,(H2,12,13,16);8,13H,3-7H2,1-2H3,(H2,11,12,15). The van der Waals surface area contributed by atoms with Gasteiger partial charge in [0.2, 0.25) is 0 Å². The highest BCUT2D eigenvalue weighted by Crippen LogP contribution is 2.21. The zero-order chi connectivity index (χ0) is 40.7. The van der Waals surface area contributed by atoms with Gasteiger partial charge in [0.1, 0.15) is 25.9 Å². The van der Waals surface area contributed by atoms with Crippen LogP contribution in [0.1, 0.15) is 80.2 Å². The molecule has 0 fully saturated rings. The summed E-state index contributed by atoms with van der Waals surface area (Å²) >= 11 is 0. The van der Waals surface area contributed by atoms with Crippen molar-refractivity contribution in [3.63, 3.8) is 0 Å². The summed E-state index contributed by atoms with van der Waals surface area (Å²) in [7, 11) is 0. The maximum atomic E-state index is 11.7. The highest BCUT2D eigenvalue weighted by molar-refractivity contribution is 5.76. The molecule has 0 spiro atoms. The number of benzene rings is 1. The summed E-state index contributed by atoms with van der Waals surface area (Å²) in [6.45, 7) is 16.7.